The van der Waals surface area contributed by atoms with E-state index in [1.165, 1.54) is 6.07 Å². The molecule has 0 atom stereocenters. The third-order valence-electron chi connectivity index (χ3n) is 3.14. The summed E-state index contributed by atoms with van der Waals surface area (Å²) >= 11 is 9.17. The highest BCUT2D eigenvalue weighted by molar-refractivity contribution is 9.10. The van der Waals surface area contributed by atoms with Crippen LogP contribution in [-0.4, -0.2) is 10.8 Å². The number of fused-ring (bicyclic) bond motifs is 3. The van der Waals surface area contributed by atoms with Crippen molar-refractivity contribution in [1.82, 2.24) is 4.98 Å². The number of aromatic nitrogens is 1. The molecule has 0 saturated carbocycles. The molecule has 1 aromatic heterocycles. The molecule has 17 heavy (non-hydrogen) atoms. The minimum absolute atomic E-state index is 0.0781. The van der Waals surface area contributed by atoms with E-state index in [4.69, 9.17) is 11.6 Å². The summed E-state index contributed by atoms with van der Waals surface area (Å²) in [6.07, 6.45) is 1.54. The Morgan fingerprint density at radius 2 is 2.18 bits per heavy atom. The monoisotopic (exact) mass is 315 g/mol. The van der Waals surface area contributed by atoms with Gasteiger partial charge in [-0.25, -0.2) is 4.39 Å². The van der Waals surface area contributed by atoms with Crippen LogP contribution >= 0.6 is 27.5 Å². The van der Waals surface area contributed by atoms with Crippen molar-refractivity contribution in [3.8, 4) is 0 Å². The van der Waals surface area contributed by atoms with Crippen LogP contribution in [-0.2, 0) is 17.6 Å². The van der Waals surface area contributed by atoms with E-state index >= 15 is 0 Å². The normalized spacial score (nSPS) is 15.4. The molecule has 0 spiro atoms. The molecular weight excluding hydrogens is 308 g/mol. The van der Waals surface area contributed by atoms with E-state index in [0.717, 1.165) is 21.1 Å². The second-order valence-electron chi connectivity index (χ2n) is 4.20. The molecule has 1 aromatic carbocycles. The molecule has 1 aliphatic carbocycles. The van der Waals surface area contributed by atoms with Crippen molar-refractivity contribution >= 4 is 44.2 Å². The second kappa shape index (κ2) is 3.82. The summed E-state index contributed by atoms with van der Waals surface area (Å²) in [4.78, 5) is 14.5. The van der Waals surface area contributed by atoms with Crippen LogP contribution in [0, 0.1) is 5.82 Å². The molecule has 0 unspecified atom stereocenters. The zero-order valence-corrected chi connectivity index (χ0v) is 11.1. The highest BCUT2D eigenvalue weighted by Gasteiger charge is 2.24. The van der Waals surface area contributed by atoms with Gasteiger partial charge in [0, 0.05) is 28.4 Å². The van der Waals surface area contributed by atoms with Gasteiger partial charge in [-0.1, -0.05) is 27.5 Å². The third-order valence-corrected chi connectivity index (χ3v) is 4.04. The number of aryl methyl sites for hydroxylation is 1. The lowest BCUT2D eigenvalue weighted by Crippen LogP contribution is -2.12. The Morgan fingerprint density at radius 1 is 1.41 bits per heavy atom. The van der Waals surface area contributed by atoms with Gasteiger partial charge in [-0.3, -0.25) is 4.79 Å². The molecule has 5 heteroatoms. The first kappa shape index (κ1) is 11.2. The fourth-order valence-electron chi connectivity index (χ4n) is 2.34. The number of ketones is 1. The Kier molecular flexibility index (Phi) is 2.52. The average Bonchev–Trinajstić information content (AvgIpc) is 2.65. The van der Waals surface area contributed by atoms with Gasteiger partial charge in [0.15, 0.2) is 5.82 Å². The molecule has 0 amide bonds. The number of aromatic amines is 1. The molecular formula is C12H8BrClFNO. The van der Waals surface area contributed by atoms with Crippen molar-refractivity contribution in [2.45, 2.75) is 19.3 Å². The van der Waals surface area contributed by atoms with Crippen LogP contribution in [0.5, 0.6) is 0 Å². The minimum atomic E-state index is -0.452. The summed E-state index contributed by atoms with van der Waals surface area (Å²) in [5, 5.41) is 0.823. The minimum Gasteiger partial charge on any atom is -0.356 e. The number of rotatable bonds is 0. The van der Waals surface area contributed by atoms with E-state index in [0.29, 0.717) is 24.8 Å². The quantitative estimate of drug-likeness (QED) is 0.737. The summed E-state index contributed by atoms with van der Waals surface area (Å²) < 4.78 is 14.6. The fourth-order valence-corrected chi connectivity index (χ4v) is 3.35. The van der Waals surface area contributed by atoms with E-state index in [1.54, 1.807) is 0 Å². The van der Waals surface area contributed by atoms with Crippen LogP contribution in [0.2, 0.25) is 5.02 Å². The van der Waals surface area contributed by atoms with Gasteiger partial charge < -0.3 is 4.98 Å². The van der Waals surface area contributed by atoms with Crippen LogP contribution < -0.4 is 0 Å². The second-order valence-corrected chi connectivity index (χ2v) is 5.46. The van der Waals surface area contributed by atoms with Crippen molar-refractivity contribution in [2.24, 2.45) is 0 Å². The van der Waals surface area contributed by atoms with E-state index in [-0.39, 0.29) is 10.8 Å². The first-order valence-electron chi connectivity index (χ1n) is 5.26. The van der Waals surface area contributed by atoms with Crippen molar-refractivity contribution in [2.75, 3.05) is 0 Å². The summed E-state index contributed by atoms with van der Waals surface area (Å²) in [6.45, 7) is 0. The highest BCUT2D eigenvalue weighted by atomic mass is 79.9. The Morgan fingerprint density at radius 3 is 2.94 bits per heavy atom. The number of carbonyl (C=O) groups is 1. The van der Waals surface area contributed by atoms with Gasteiger partial charge >= 0.3 is 0 Å². The molecule has 3 rings (SSSR count). The van der Waals surface area contributed by atoms with Crippen LogP contribution in [0.1, 0.15) is 17.7 Å². The van der Waals surface area contributed by atoms with E-state index in [1.807, 2.05) is 0 Å². The van der Waals surface area contributed by atoms with E-state index in [9.17, 15) is 9.18 Å². The number of halogens is 3. The molecule has 2 aromatic rings. The zero-order chi connectivity index (χ0) is 12.2. The van der Waals surface area contributed by atoms with Crippen molar-refractivity contribution in [3.63, 3.8) is 0 Å². The number of hydrogen-bond donors (Lipinski definition) is 1. The number of hydrogen-bond acceptors (Lipinski definition) is 1. The van der Waals surface area contributed by atoms with Gasteiger partial charge in [0.05, 0.1) is 10.5 Å². The number of Topliss-reactive ketones (excluding diaryl/α,β-unsaturated/α-hetero) is 1. The Balaban J connectivity index is 2.40. The van der Waals surface area contributed by atoms with Crippen molar-refractivity contribution in [1.29, 1.82) is 0 Å². The van der Waals surface area contributed by atoms with E-state index in [2.05, 4.69) is 20.9 Å². The van der Waals surface area contributed by atoms with Crippen LogP contribution in [0.15, 0.2) is 10.5 Å². The Labute approximate surface area is 110 Å². The van der Waals surface area contributed by atoms with Crippen LogP contribution in [0.25, 0.3) is 10.9 Å². The maximum absolute atomic E-state index is 13.9. The van der Waals surface area contributed by atoms with Crippen molar-refractivity contribution in [3.05, 3.63) is 32.6 Å². The predicted molar refractivity (Wildman–Crippen MR) is 68.0 cm³/mol. The summed E-state index contributed by atoms with van der Waals surface area (Å²) in [6, 6.07) is 1.53. The molecule has 2 nitrogen and oxygen atoms in total. The Bertz CT molecular complexity index is 650. The van der Waals surface area contributed by atoms with Gasteiger partial charge in [-0.2, -0.15) is 0 Å². The van der Waals surface area contributed by atoms with Gasteiger partial charge in [0.1, 0.15) is 5.78 Å². The zero-order valence-electron chi connectivity index (χ0n) is 8.74. The lowest BCUT2D eigenvalue weighted by molar-refractivity contribution is -0.118. The molecule has 0 aliphatic heterocycles. The summed E-state index contributed by atoms with van der Waals surface area (Å²) in [7, 11) is 0. The maximum Gasteiger partial charge on any atom is 0.165 e. The van der Waals surface area contributed by atoms with E-state index < -0.39 is 5.82 Å². The van der Waals surface area contributed by atoms with Crippen LogP contribution in [0.3, 0.4) is 0 Å². The van der Waals surface area contributed by atoms with Gasteiger partial charge in [0.25, 0.3) is 0 Å². The maximum atomic E-state index is 13.9. The van der Waals surface area contributed by atoms with Gasteiger partial charge in [-0.05, 0) is 18.1 Å². The molecule has 1 N–H and O–H groups in total. The SMILES string of the molecule is O=C1CCc2[nH]c3c(F)c(Cl)cc(Br)c3c2C1. The average molecular weight is 317 g/mol. The topological polar surface area (TPSA) is 32.9 Å². The van der Waals surface area contributed by atoms with Gasteiger partial charge in [-0.15, -0.1) is 0 Å². The first-order valence-corrected chi connectivity index (χ1v) is 6.43. The molecule has 0 fully saturated rings. The molecule has 0 radical (unpaired) electrons. The molecule has 1 heterocycles. The smallest absolute Gasteiger partial charge is 0.165 e. The lowest BCUT2D eigenvalue weighted by Gasteiger charge is -2.10. The predicted octanol–water partition coefficient (Wildman–Crippen LogP) is 3.78. The number of benzene rings is 1. The van der Waals surface area contributed by atoms with Crippen LogP contribution in [0.4, 0.5) is 4.39 Å². The summed E-state index contributed by atoms with van der Waals surface area (Å²) in [5.74, 6) is -0.257. The number of H-pyrrole nitrogens is 1. The number of nitrogens with one attached hydrogen (secondary N) is 1. The molecule has 1 aliphatic rings. The molecule has 0 saturated heterocycles. The number of carbonyl (C=O) groups excluding carboxylic acids is 1. The lowest BCUT2D eigenvalue weighted by atomic mass is 9.94. The highest BCUT2D eigenvalue weighted by Crippen LogP contribution is 2.37. The standard InChI is InChI=1S/C12H8BrClFNO/c13-7-4-8(14)11(15)12-10(7)6-3-5(17)1-2-9(6)16-12/h4,16H,1-3H2. The molecule has 0 bridgehead atoms. The largest absolute Gasteiger partial charge is 0.356 e. The fraction of sp³-hybridized carbons (Fsp3) is 0.250. The first-order chi connectivity index (χ1) is 8.08. The summed E-state index contributed by atoms with van der Waals surface area (Å²) in [5.41, 5.74) is 2.24. The van der Waals surface area contributed by atoms with Gasteiger partial charge in [0.2, 0.25) is 0 Å². The Hall–Kier alpha value is -0.870. The molecule has 88 valence electrons. The third kappa shape index (κ3) is 1.62. The van der Waals surface area contributed by atoms with Crippen molar-refractivity contribution < 1.29 is 9.18 Å².